The van der Waals surface area contributed by atoms with Crippen molar-refractivity contribution < 1.29 is 20.1 Å². The summed E-state index contributed by atoms with van der Waals surface area (Å²) in [6, 6.07) is 3.32. The Morgan fingerprint density at radius 3 is 2.65 bits per heavy atom. The Hall–Kier alpha value is -0.890. The highest BCUT2D eigenvalue weighted by Gasteiger charge is 2.43. The van der Waals surface area contributed by atoms with E-state index in [2.05, 4.69) is 4.98 Å². The van der Waals surface area contributed by atoms with Crippen LogP contribution in [0.2, 0.25) is 10.0 Å². The van der Waals surface area contributed by atoms with Gasteiger partial charge in [-0.25, -0.2) is 4.98 Å². The molecule has 8 heteroatoms. The fraction of sp³-hybridized carbons (Fsp3) is 0.417. The highest BCUT2D eigenvalue weighted by Crippen LogP contribution is 2.35. The summed E-state index contributed by atoms with van der Waals surface area (Å²) in [5, 5.41) is 29.6. The van der Waals surface area contributed by atoms with Crippen LogP contribution in [0.4, 0.5) is 0 Å². The van der Waals surface area contributed by atoms with Gasteiger partial charge in [0.2, 0.25) is 0 Å². The Balaban J connectivity index is 2.05. The van der Waals surface area contributed by atoms with Gasteiger partial charge in [0.05, 0.1) is 28.5 Å². The summed E-state index contributed by atoms with van der Waals surface area (Å²) in [5.74, 6) is 0. The molecule has 3 rings (SSSR count). The number of aliphatic hydroxyl groups is 3. The number of hydrogen-bond donors (Lipinski definition) is 3. The zero-order valence-corrected chi connectivity index (χ0v) is 11.7. The van der Waals surface area contributed by atoms with Crippen LogP contribution in [0.15, 0.2) is 18.5 Å². The molecule has 0 aliphatic carbocycles. The Morgan fingerprint density at radius 2 is 2.00 bits per heavy atom. The average molecular weight is 319 g/mol. The molecule has 20 heavy (non-hydrogen) atoms. The lowest BCUT2D eigenvalue weighted by atomic mass is 10.1. The maximum atomic E-state index is 10.0. The highest BCUT2D eigenvalue weighted by molar-refractivity contribution is 6.44. The number of halogens is 2. The molecule has 0 unspecified atom stereocenters. The molecule has 1 aromatic heterocycles. The molecule has 0 bridgehead atoms. The summed E-state index contributed by atoms with van der Waals surface area (Å²) in [7, 11) is 0. The molecule has 3 N–H and O–H groups in total. The fourth-order valence-electron chi connectivity index (χ4n) is 2.36. The molecule has 4 atom stereocenters. The molecule has 6 nitrogen and oxygen atoms in total. The quantitative estimate of drug-likeness (QED) is 0.767. The van der Waals surface area contributed by atoms with Crippen molar-refractivity contribution in [3.63, 3.8) is 0 Å². The lowest BCUT2D eigenvalue weighted by Gasteiger charge is -2.17. The summed E-state index contributed by atoms with van der Waals surface area (Å²) >= 11 is 12.0. The topological polar surface area (TPSA) is 87.7 Å². The molecule has 0 radical (unpaired) electrons. The molecule has 1 aliphatic heterocycles. The third kappa shape index (κ3) is 2.00. The predicted molar refractivity (Wildman–Crippen MR) is 72.8 cm³/mol. The van der Waals surface area contributed by atoms with E-state index in [0.29, 0.717) is 21.1 Å². The summed E-state index contributed by atoms with van der Waals surface area (Å²) in [5.41, 5.74) is 1.10. The Kier molecular flexibility index (Phi) is 3.62. The zero-order chi connectivity index (χ0) is 14.4. The number of fused-ring (bicyclic) bond motifs is 1. The first-order valence-electron chi connectivity index (χ1n) is 5.97. The van der Waals surface area contributed by atoms with Gasteiger partial charge in [-0.2, -0.15) is 0 Å². The van der Waals surface area contributed by atoms with Gasteiger partial charge in [0.25, 0.3) is 0 Å². The molecule has 1 fully saturated rings. The van der Waals surface area contributed by atoms with E-state index in [4.69, 9.17) is 33.0 Å². The van der Waals surface area contributed by atoms with E-state index in [1.165, 1.54) is 6.33 Å². The van der Waals surface area contributed by atoms with Crippen molar-refractivity contribution in [1.82, 2.24) is 9.55 Å². The Morgan fingerprint density at radius 1 is 1.25 bits per heavy atom. The molecule has 2 aromatic rings. The number of imidazole rings is 1. The number of hydrogen-bond acceptors (Lipinski definition) is 5. The van der Waals surface area contributed by atoms with Crippen molar-refractivity contribution in [3.05, 3.63) is 28.5 Å². The number of rotatable bonds is 2. The van der Waals surface area contributed by atoms with Crippen LogP contribution < -0.4 is 0 Å². The highest BCUT2D eigenvalue weighted by atomic mass is 35.5. The third-order valence-corrected chi connectivity index (χ3v) is 4.22. The van der Waals surface area contributed by atoms with Crippen molar-refractivity contribution in [2.24, 2.45) is 0 Å². The van der Waals surface area contributed by atoms with Crippen molar-refractivity contribution >= 4 is 34.2 Å². The van der Waals surface area contributed by atoms with Gasteiger partial charge in [0.1, 0.15) is 23.8 Å². The minimum Gasteiger partial charge on any atom is -0.394 e. The molecule has 0 amide bonds. The number of aromatic nitrogens is 2. The van der Waals surface area contributed by atoms with Crippen LogP contribution in [0.25, 0.3) is 11.0 Å². The van der Waals surface area contributed by atoms with Gasteiger partial charge < -0.3 is 24.6 Å². The standard InChI is InChI=1S/C12H12Cl2N2O4/c13-5-1-2-6-9(8(5)14)15-4-16(6)12-11(19)10(18)7(3-17)20-12/h1-2,4,7,10-12,17-19H,3H2/t7-,10-,11-,12-/m1/s1. The summed E-state index contributed by atoms with van der Waals surface area (Å²) in [6.45, 7) is -0.381. The monoisotopic (exact) mass is 318 g/mol. The second-order valence-electron chi connectivity index (χ2n) is 4.61. The van der Waals surface area contributed by atoms with Gasteiger partial charge in [-0.3, -0.25) is 0 Å². The second kappa shape index (κ2) is 5.14. The number of ether oxygens (including phenoxy) is 1. The largest absolute Gasteiger partial charge is 0.394 e. The van der Waals surface area contributed by atoms with Crippen LogP contribution in [0.3, 0.4) is 0 Å². The van der Waals surface area contributed by atoms with Crippen LogP contribution in [0.5, 0.6) is 0 Å². The number of nitrogens with zero attached hydrogens (tertiary/aromatic N) is 2. The minimum atomic E-state index is -1.17. The van der Waals surface area contributed by atoms with Gasteiger partial charge in [-0.1, -0.05) is 23.2 Å². The SMILES string of the molecule is OC[C@H]1O[C@@H](n2cnc3c(Cl)c(Cl)ccc32)[C@H](O)[C@@H]1O. The first-order chi connectivity index (χ1) is 9.54. The third-order valence-electron chi connectivity index (χ3n) is 3.43. The molecule has 0 saturated carbocycles. The van der Waals surface area contributed by atoms with Crippen LogP contribution >= 0.6 is 23.2 Å². The van der Waals surface area contributed by atoms with Gasteiger partial charge in [0, 0.05) is 0 Å². The van der Waals surface area contributed by atoms with Crippen LogP contribution in [-0.2, 0) is 4.74 Å². The van der Waals surface area contributed by atoms with Crippen molar-refractivity contribution in [2.45, 2.75) is 24.5 Å². The maximum absolute atomic E-state index is 10.0. The van der Waals surface area contributed by atoms with Gasteiger partial charge in [-0.05, 0) is 12.1 Å². The summed E-state index contributed by atoms with van der Waals surface area (Å²) in [4.78, 5) is 4.15. The van der Waals surface area contributed by atoms with Crippen molar-refractivity contribution in [1.29, 1.82) is 0 Å². The molecule has 1 aromatic carbocycles. The zero-order valence-electron chi connectivity index (χ0n) is 10.1. The van der Waals surface area contributed by atoms with E-state index in [9.17, 15) is 10.2 Å². The first-order valence-corrected chi connectivity index (χ1v) is 6.73. The maximum Gasteiger partial charge on any atom is 0.164 e. The smallest absolute Gasteiger partial charge is 0.164 e. The molecular weight excluding hydrogens is 307 g/mol. The minimum absolute atomic E-state index is 0.315. The molecule has 1 aliphatic rings. The van der Waals surface area contributed by atoms with E-state index in [0.717, 1.165) is 0 Å². The molecular formula is C12H12Cl2N2O4. The van der Waals surface area contributed by atoms with E-state index in [1.807, 2.05) is 0 Å². The van der Waals surface area contributed by atoms with Crippen LogP contribution in [0, 0.1) is 0 Å². The van der Waals surface area contributed by atoms with E-state index >= 15 is 0 Å². The molecule has 0 spiro atoms. The summed E-state index contributed by atoms with van der Waals surface area (Å²) < 4.78 is 7.01. The predicted octanol–water partition coefficient (Wildman–Crippen LogP) is 0.955. The normalized spacial score (nSPS) is 30.2. The van der Waals surface area contributed by atoms with E-state index in [1.54, 1.807) is 16.7 Å². The first kappa shape index (κ1) is 14.1. The van der Waals surface area contributed by atoms with Crippen molar-refractivity contribution in [2.75, 3.05) is 6.61 Å². The second-order valence-corrected chi connectivity index (χ2v) is 5.39. The van der Waals surface area contributed by atoms with Gasteiger partial charge in [0.15, 0.2) is 6.23 Å². The van der Waals surface area contributed by atoms with Gasteiger partial charge >= 0.3 is 0 Å². The molecule has 1 saturated heterocycles. The van der Waals surface area contributed by atoms with E-state index < -0.39 is 24.5 Å². The lowest BCUT2D eigenvalue weighted by molar-refractivity contribution is -0.0508. The van der Waals surface area contributed by atoms with E-state index in [-0.39, 0.29) is 6.61 Å². The van der Waals surface area contributed by atoms with Gasteiger partial charge in [-0.15, -0.1) is 0 Å². The summed E-state index contributed by atoms with van der Waals surface area (Å²) in [6.07, 6.45) is -2.56. The lowest BCUT2D eigenvalue weighted by Crippen LogP contribution is -2.33. The molecule has 2 heterocycles. The van der Waals surface area contributed by atoms with Crippen molar-refractivity contribution in [3.8, 4) is 0 Å². The van der Waals surface area contributed by atoms with Crippen LogP contribution in [0.1, 0.15) is 6.23 Å². The van der Waals surface area contributed by atoms with Crippen LogP contribution in [-0.4, -0.2) is 49.8 Å². The number of benzene rings is 1. The fourth-order valence-corrected chi connectivity index (χ4v) is 2.72. The number of aliphatic hydroxyl groups excluding tert-OH is 3. The average Bonchev–Trinajstić information content (AvgIpc) is 2.98. The molecule has 108 valence electrons. The Bertz CT molecular complexity index is 648. The Labute approximate surface area is 124 Å².